The molecule has 2 fully saturated rings. The highest BCUT2D eigenvalue weighted by Crippen LogP contribution is 2.28. The molecule has 1 aliphatic carbocycles. The molecule has 1 saturated heterocycles. The molecule has 1 amide bonds. The fourth-order valence-electron chi connectivity index (χ4n) is 4.87. The molecule has 1 N–H and O–H groups in total. The molecule has 5 heteroatoms. The number of carbonyl (C=O) groups is 1. The number of likely N-dealkylation sites (tertiary alicyclic amines) is 1. The van der Waals surface area contributed by atoms with Crippen molar-refractivity contribution in [1.29, 1.82) is 0 Å². The fraction of sp³-hybridized carbons (Fsp3) is 0.609. The second-order valence-electron chi connectivity index (χ2n) is 8.54. The number of rotatable bonds is 5. The van der Waals surface area contributed by atoms with Crippen molar-refractivity contribution in [2.45, 2.75) is 57.5 Å². The van der Waals surface area contributed by atoms with Crippen LogP contribution in [-0.4, -0.2) is 41.6 Å². The summed E-state index contributed by atoms with van der Waals surface area (Å²) in [5.41, 5.74) is 2.57. The van der Waals surface area contributed by atoms with Crippen LogP contribution in [0.5, 0.6) is 5.75 Å². The number of piperidine rings is 1. The Morgan fingerprint density at radius 1 is 1.14 bits per heavy atom. The summed E-state index contributed by atoms with van der Waals surface area (Å²) in [5.74, 6) is 1.38. The minimum atomic E-state index is 0.186. The normalized spacial score (nSPS) is 19.8. The molecule has 2 heterocycles. The van der Waals surface area contributed by atoms with Crippen LogP contribution in [0, 0.1) is 5.92 Å². The average molecular weight is 384 g/mol. The summed E-state index contributed by atoms with van der Waals surface area (Å²) >= 11 is 0. The van der Waals surface area contributed by atoms with E-state index in [9.17, 15) is 4.79 Å². The van der Waals surface area contributed by atoms with Crippen molar-refractivity contribution in [3.8, 4) is 5.75 Å². The van der Waals surface area contributed by atoms with Gasteiger partial charge >= 0.3 is 0 Å². The minimum Gasteiger partial charge on any atom is -0.497 e. The number of benzene rings is 1. The standard InChI is InChI=1S/C23H33N3O2/c1-25-15-18(21-14-20(28-2)8-9-22(21)25)16-26-12-10-17(11-13-26)23(27)24-19-6-4-3-5-7-19/h8-9,14-15,17,19H,3-7,10-13,16H2,1-2H3,(H,24,27). The average Bonchev–Trinajstić information content (AvgIpc) is 3.04. The summed E-state index contributed by atoms with van der Waals surface area (Å²) < 4.78 is 7.60. The number of methoxy groups -OCH3 is 1. The zero-order valence-corrected chi connectivity index (χ0v) is 17.2. The quantitative estimate of drug-likeness (QED) is 0.853. The fourth-order valence-corrected chi connectivity index (χ4v) is 4.87. The number of nitrogens with zero attached hydrogens (tertiary/aromatic N) is 2. The lowest BCUT2D eigenvalue weighted by molar-refractivity contribution is -0.127. The Bertz CT molecular complexity index is 815. The molecule has 1 aromatic heterocycles. The van der Waals surface area contributed by atoms with E-state index in [4.69, 9.17) is 4.74 Å². The summed E-state index contributed by atoms with van der Waals surface area (Å²) in [5, 5.41) is 4.58. The summed E-state index contributed by atoms with van der Waals surface area (Å²) in [7, 11) is 3.81. The van der Waals surface area contributed by atoms with Gasteiger partial charge in [0.15, 0.2) is 0 Å². The molecule has 28 heavy (non-hydrogen) atoms. The molecule has 2 aliphatic rings. The maximum absolute atomic E-state index is 12.6. The first-order valence-corrected chi connectivity index (χ1v) is 10.8. The first-order valence-electron chi connectivity index (χ1n) is 10.8. The van der Waals surface area contributed by atoms with Gasteiger partial charge in [-0.15, -0.1) is 0 Å². The Labute approximate surface area is 168 Å². The maximum Gasteiger partial charge on any atom is 0.223 e. The van der Waals surface area contributed by atoms with Gasteiger partial charge in [-0.2, -0.15) is 0 Å². The monoisotopic (exact) mass is 383 g/mol. The number of amides is 1. The van der Waals surface area contributed by atoms with E-state index in [1.54, 1.807) is 7.11 Å². The number of nitrogens with one attached hydrogen (secondary N) is 1. The van der Waals surface area contributed by atoms with Crippen LogP contribution in [0.15, 0.2) is 24.4 Å². The van der Waals surface area contributed by atoms with Gasteiger partial charge in [0.2, 0.25) is 5.91 Å². The first kappa shape index (κ1) is 19.3. The lowest BCUT2D eigenvalue weighted by atomic mass is 9.92. The number of carbonyl (C=O) groups excluding carboxylic acids is 1. The van der Waals surface area contributed by atoms with Crippen molar-refractivity contribution < 1.29 is 9.53 Å². The SMILES string of the molecule is COc1ccc2c(c1)c(CN1CCC(C(=O)NC3CCCCC3)CC1)cn2C. The number of ether oxygens (including phenoxy) is 1. The zero-order valence-electron chi connectivity index (χ0n) is 17.2. The van der Waals surface area contributed by atoms with Gasteiger partial charge < -0.3 is 14.6 Å². The highest BCUT2D eigenvalue weighted by atomic mass is 16.5. The summed E-state index contributed by atoms with van der Waals surface area (Å²) in [6.07, 6.45) is 10.3. The molecule has 0 spiro atoms. The van der Waals surface area contributed by atoms with Crippen LogP contribution < -0.4 is 10.1 Å². The second-order valence-corrected chi connectivity index (χ2v) is 8.54. The van der Waals surface area contributed by atoms with E-state index in [1.807, 2.05) is 6.07 Å². The van der Waals surface area contributed by atoms with Crippen LogP contribution in [0.3, 0.4) is 0 Å². The van der Waals surface area contributed by atoms with Crippen molar-refractivity contribution in [1.82, 2.24) is 14.8 Å². The van der Waals surface area contributed by atoms with Gasteiger partial charge in [0.1, 0.15) is 5.75 Å². The van der Waals surface area contributed by atoms with E-state index >= 15 is 0 Å². The molecule has 0 unspecified atom stereocenters. The Morgan fingerprint density at radius 2 is 1.89 bits per heavy atom. The molecule has 2 aromatic rings. The largest absolute Gasteiger partial charge is 0.497 e. The lowest BCUT2D eigenvalue weighted by Crippen LogP contribution is -2.44. The van der Waals surface area contributed by atoms with E-state index in [0.29, 0.717) is 11.9 Å². The smallest absolute Gasteiger partial charge is 0.223 e. The highest BCUT2D eigenvalue weighted by Gasteiger charge is 2.27. The van der Waals surface area contributed by atoms with E-state index in [0.717, 1.165) is 51.1 Å². The Morgan fingerprint density at radius 3 is 2.61 bits per heavy atom. The van der Waals surface area contributed by atoms with E-state index in [-0.39, 0.29) is 5.92 Å². The first-order chi connectivity index (χ1) is 13.6. The van der Waals surface area contributed by atoms with Gasteiger partial charge in [-0.1, -0.05) is 19.3 Å². The molecular weight excluding hydrogens is 350 g/mol. The third kappa shape index (κ3) is 4.19. The molecule has 1 aliphatic heterocycles. The Hall–Kier alpha value is -2.01. The zero-order chi connectivity index (χ0) is 19.5. The third-order valence-corrected chi connectivity index (χ3v) is 6.58. The van der Waals surface area contributed by atoms with Crippen molar-refractivity contribution in [3.63, 3.8) is 0 Å². The number of hydrogen-bond acceptors (Lipinski definition) is 3. The molecule has 1 aromatic carbocycles. The van der Waals surface area contributed by atoms with Gasteiger partial charge in [0.25, 0.3) is 0 Å². The van der Waals surface area contributed by atoms with Crippen LogP contribution >= 0.6 is 0 Å². The highest BCUT2D eigenvalue weighted by molar-refractivity contribution is 5.85. The predicted octanol–water partition coefficient (Wildman–Crippen LogP) is 3.85. The van der Waals surface area contributed by atoms with E-state index in [2.05, 4.69) is 40.2 Å². The number of aromatic nitrogens is 1. The van der Waals surface area contributed by atoms with Crippen LogP contribution in [0.2, 0.25) is 0 Å². The van der Waals surface area contributed by atoms with Crippen LogP contribution in [0.4, 0.5) is 0 Å². The van der Waals surface area contributed by atoms with Crippen molar-refractivity contribution >= 4 is 16.8 Å². The molecule has 0 radical (unpaired) electrons. The van der Waals surface area contributed by atoms with Crippen LogP contribution in [0.25, 0.3) is 10.9 Å². The third-order valence-electron chi connectivity index (χ3n) is 6.58. The van der Waals surface area contributed by atoms with Crippen molar-refractivity contribution in [2.75, 3.05) is 20.2 Å². The van der Waals surface area contributed by atoms with Gasteiger partial charge in [0, 0.05) is 42.7 Å². The molecule has 1 saturated carbocycles. The number of fused-ring (bicyclic) bond motifs is 1. The molecular formula is C23H33N3O2. The van der Waals surface area contributed by atoms with Crippen molar-refractivity contribution in [3.05, 3.63) is 30.0 Å². The lowest BCUT2D eigenvalue weighted by Gasteiger charge is -2.32. The number of hydrogen-bond donors (Lipinski definition) is 1. The Balaban J connectivity index is 1.34. The van der Waals surface area contributed by atoms with Gasteiger partial charge in [-0.25, -0.2) is 0 Å². The summed E-state index contributed by atoms with van der Waals surface area (Å²) in [6, 6.07) is 6.70. The summed E-state index contributed by atoms with van der Waals surface area (Å²) in [4.78, 5) is 15.1. The topological polar surface area (TPSA) is 46.5 Å². The molecule has 4 rings (SSSR count). The maximum atomic E-state index is 12.6. The minimum absolute atomic E-state index is 0.186. The van der Waals surface area contributed by atoms with Crippen LogP contribution in [0.1, 0.15) is 50.5 Å². The molecule has 0 bridgehead atoms. The van der Waals surface area contributed by atoms with E-state index < -0.39 is 0 Å². The van der Waals surface area contributed by atoms with Gasteiger partial charge in [0.05, 0.1) is 7.11 Å². The molecule has 5 nitrogen and oxygen atoms in total. The predicted molar refractivity (Wildman–Crippen MR) is 112 cm³/mol. The van der Waals surface area contributed by atoms with Gasteiger partial charge in [-0.05, 0) is 62.5 Å². The summed E-state index contributed by atoms with van der Waals surface area (Å²) in [6.45, 7) is 2.91. The van der Waals surface area contributed by atoms with Crippen LogP contribution in [-0.2, 0) is 18.4 Å². The van der Waals surface area contributed by atoms with Gasteiger partial charge in [-0.3, -0.25) is 9.69 Å². The second kappa shape index (κ2) is 8.56. The van der Waals surface area contributed by atoms with Crippen molar-refractivity contribution in [2.24, 2.45) is 13.0 Å². The molecule has 152 valence electrons. The van der Waals surface area contributed by atoms with E-state index in [1.165, 1.54) is 35.7 Å². The Kier molecular flexibility index (Phi) is 5.90. The number of aryl methyl sites for hydroxylation is 1. The molecule has 0 atom stereocenters.